The Balaban J connectivity index is 1.74. The number of halogens is 1. The van der Waals surface area contributed by atoms with Crippen molar-refractivity contribution in [3.8, 4) is 0 Å². The summed E-state index contributed by atoms with van der Waals surface area (Å²) >= 11 is 5.88. The molecule has 0 radical (unpaired) electrons. The number of rotatable bonds is 4. The van der Waals surface area contributed by atoms with Gasteiger partial charge in [0.15, 0.2) is 0 Å². The molecule has 1 atom stereocenters. The monoisotopic (exact) mass is 371 g/mol. The van der Waals surface area contributed by atoms with Crippen molar-refractivity contribution in [3.63, 3.8) is 0 Å². The van der Waals surface area contributed by atoms with E-state index in [0.717, 1.165) is 10.5 Å². The van der Waals surface area contributed by atoms with E-state index in [1.807, 2.05) is 19.1 Å². The van der Waals surface area contributed by atoms with E-state index in [1.165, 1.54) is 0 Å². The van der Waals surface area contributed by atoms with Crippen LogP contribution in [0.15, 0.2) is 48.5 Å². The van der Waals surface area contributed by atoms with E-state index in [2.05, 4.69) is 10.6 Å². The lowest BCUT2D eigenvalue weighted by molar-refractivity contribution is -0.133. The van der Waals surface area contributed by atoms with Gasteiger partial charge in [-0.1, -0.05) is 47.5 Å². The van der Waals surface area contributed by atoms with Gasteiger partial charge in [-0.3, -0.25) is 14.5 Å². The van der Waals surface area contributed by atoms with Gasteiger partial charge in [-0.15, -0.1) is 0 Å². The highest BCUT2D eigenvalue weighted by molar-refractivity contribution is 6.30. The van der Waals surface area contributed by atoms with Gasteiger partial charge in [0.2, 0.25) is 5.91 Å². The maximum atomic E-state index is 12.8. The molecule has 0 saturated carbocycles. The molecule has 1 aliphatic heterocycles. The summed E-state index contributed by atoms with van der Waals surface area (Å²) < 4.78 is 0. The molecule has 1 fully saturated rings. The zero-order valence-corrected chi connectivity index (χ0v) is 15.1. The number of imide groups is 1. The van der Waals surface area contributed by atoms with Crippen LogP contribution in [0.2, 0.25) is 5.02 Å². The van der Waals surface area contributed by atoms with Crippen molar-refractivity contribution in [2.24, 2.45) is 0 Å². The number of carbonyl (C=O) groups excluding carboxylic acids is 3. The summed E-state index contributed by atoms with van der Waals surface area (Å²) in [4.78, 5) is 38.2. The number of nitrogens with one attached hydrogen (secondary N) is 2. The van der Waals surface area contributed by atoms with Gasteiger partial charge in [-0.2, -0.15) is 0 Å². The van der Waals surface area contributed by atoms with Crippen LogP contribution in [0.1, 0.15) is 18.1 Å². The number of hydrogen-bond acceptors (Lipinski definition) is 3. The number of anilines is 1. The van der Waals surface area contributed by atoms with Crippen molar-refractivity contribution >= 4 is 35.1 Å². The fourth-order valence-electron chi connectivity index (χ4n) is 2.83. The molecule has 0 unspecified atom stereocenters. The third-order valence-corrected chi connectivity index (χ3v) is 4.55. The molecule has 134 valence electrons. The predicted molar refractivity (Wildman–Crippen MR) is 98.9 cm³/mol. The van der Waals surface area contributed by atoms with E-state index in [0.29, 0.717) is 16.3 Å². The number of hydrogen-bond donors (Lipinski definition) is 2. The summed E-state index contributed by atoms with van der Waals surface area (Å²) in [6.07, 6.45) is 0. The second-order valence-corrected chi connectivity index (χ2v) is 6.81. The predicted octanol–water partition coefficient (Wildman–Crippen LogP) is 3.05. The second kappa shape index (κ2) is 6.80. The highest BCUT2D eigenvalue weighted by Crippen LogP contribution is 2.29. The van der Waals surface area contributed by atoms with Crippen LogP contribution in [0.25, 0.3) is 0 Å². The normalized spacial score (nSPS) is 19.4. The summed E-state index contributed by atoms with van der Waals surface area (Å²) in [6.45, 7) is 3.19. The minimum absolute atomic E-state index is 0.376. The molecule has 26 heavy (non-hydrogen) atoms. The molecule has 2 N–H and O–H groups in total. The first-order chi connectivity index (χ1) is 12.3. The molecule has 2 aromatic rings. The molecule has 1 heterocycles. The SMILES string of the molecule is Cc1ccc([C@]2(C)NC(=O)N(CC(=O)Nc3cccc(Cl)c3)C2=O)cc1. The zero-order valence-electron chi connectivity index (χ0n) is 14.4. The summed E-state index contributed by atoms with van der Waals surface area (Å²) in [6, 6.07) is 13.4. The van der Waals surface area contributed by atoms with E-state index in [4.69, 9.17) is 11.6 Å². The summed E-state index contributed by atoms with van der Waals surface area (Å²) in [5, 5.41) is 5.79. The molecule has 4 amide bonds. The van der Waals surface area contributed by atoms with Gasteiger partial charge in [-0.25, -0.2) is 4.79 Å². The Morgan fingerprint density at radius 2 is 1.88 bits per heavy atom. The number of nitrogens with zero attached hydrogens (tertiary/aromatic N) is 1. The van der Waals surface area contributed by atoms with E-state index < -0.39 is 23.4 Å². The van der Waals surface area contributed by atoms with Crippen molar-refractivity contribution in [3.05, 3.63) is 64.7 Å². The van der Waals surface area contributed by atoms with Gasteiger partial charge < -0.3 is 10.6 Å². The maximum absolute atomic E-state index is 12.8. The number of benzene rings is 2. The lowest BCUT2D eigenvalue weighted by Gasteiger charge is -2.22. The largest absolute Gasteiger partial charge is 0.325 e. The van der Waals surface area contributed by atoms with Crippen LogP contribution >= 0.6 is 11.6 Å². The number of amides is 4. The van der Waals surface area contributed by atoms with Crippen LogP contribution in [-0.2, 0) is 15.1 Å². The molecule has 0 spiro atoms. The van der Waals surface area contributed by atoms with Crippen LogP contribution in [0.5, 0.6) is 0 Å². The standard InChI is InChI=1S/C19H18ClN3O3/c1-12-6-8-13(9-7-12)19(2)17(25)23(18(26)22-19)11-16(24)21-15-5-3-4-14(20)10-15/h3-10H,11H2,1-2H3,(H,21,24)(H,22,26)/t19-/m0/s1. The highest BCUT2D eigenvalue weighted by atomic mass is 35.5. The number of carbonyl (C=O) groups is 3. The van der Waals surface area contributed by atoms with Crippen molar-refractivity contribution in [1.29, 1.82) is 0 Å². The van der Waals surface area contributed by atoms with Crippen LogP contribution < -0.4 is 10.6 Å². The van der Waals surface area contributed by atoms with Crippen LogP contribution in [-0.4, -0.2) is 29.3 Å². The molecule has 7 heteroatoms. The van der Waals surface area contributed by atoms with Gasteiger partial charge >= 0.3 is 6.03 Å². The average molecular weight is 372 g/mol. The summed E-state index contributed by atoms with van der Waals surface area (Å²) in [5.74, 6) is -0.948. The van der Waals surface area contributed by atoms with E-state index >= 15 is 0 Å². The van der Waals surface area contributed by atoms with Gasteiger partial charge in [-0.05, 0) is 37.6 Å². The van der Waals surface area contributed by atoms with Crippen molar-refractivity contribution in [2.75, 3.05) is 11.9 Å². The number of aryl methyl sites for hydroxylation is 1. The Labute approximate surface area is 156 Å². The number of urea groups is 1. The fraction of sp³-hybridized carbons (Fsp3) is 0.211. The van der Waals surface area contributed by atoms with E-state index in [1.54, 1.807) is 43.3 Å². The molecule has 6 nitrogen and oxygen atoms in total. The molecule has 1 saturated heterocycles. The van der Waals surface area contributed by atoms with Gasteiger partial charge in [0.1, 0.15) is 12.1 Å². The van der Waals surface area contributed by atoms with Crippen LogP contribution in [0, 0.1) is 6.92 Å². The minimum Gasteiger partial charge on any atom is -0.324 e. The van der Waals surface area contributed by atoms with Gasteiger partial charge in [0.25, 0.3) is 5.91 Å². The first kappa shape index (κ1) is 17.9. The molecule has 0 aromatic heterocycles. The van der Waals surface area contributed by atoms with Crippen molar-refractivity contribution < 1.29 is 14.4 Å². The van der Waals surface area contributed by atoms with E-state index in [9.17, 15) is 14.4 Å². The molecular formula is C19H18ClN3O3. The van der Waals surface area contributed by atoms with Crippen LogP contribution in [0.3, 0.4) is 0 Å². The Morgan fingerprint density at radius 1 is 1.19 bits per heavy atom. The van der Waals surface area contributed by atoms with E-state index in [-0.39, 0.29) is 6.54 Å². The third-order valence-electron chi connectivity index (χ3n) is 4.31. The minimum atomic E-state index is -1.19. The van der Waals surface area contributed by atoms with Crippen molar-refractivity contribution in [2.45, 2.75) is 19.4 Å². The molecule has 3 rings (SSSR count). The summed E-state index contributed by atoms with van der Waals surface area (Å²) in [5.41, 5.74) is 1.02. The molecule has 2 aromatic carbocycles. The Bertz CT molecular complexity index is 882. The highest BCUT2D eigenvalue weighted by Gasteiger charge is 2.49. The Morgan fingerprint density at radius 3 is 2.54 bits per heavy atom. The Hall–Kier alpha value is -2.86. The molecule has 0 aliphatic carbocycles. The molecule has 1 aliphatic rings. The van der Waals surface area contributed by atoms with Gasteiger partial charge in [0, 0.05) is 10.7 Å². The first-order valence-electron chi connectivity index (χ1n) is 8.06. The lowest BCUT2D eigenvalue weighted by atomic mass is 9.91. The third kappa shape index (κ3) is 3.41. The van der Waals surface area contributed by atoms with Crippen molar-refractivity contribution in [1.82, 2.24) is 10.2 Å². The average Bonchev–Trinajstić information content (AvgIpc) is 2.79. The molecule has 0 bridgehead atoms. The van der Waals surface area contributed by atoms with Gasteiger partial charge in [0.05, 0.1) is 0 Å². The second-order valence-electron chi connectivity index (χ2n) is 6.37. The quantitative estimate of drug-likeness (QED) is 0.811. The smallest absolute Gasteiger partial charge is 0.324 e. The topological polar surface area (TPSA) is 78.5 Å². The fourth-order valence-corrected chi connectivity index (χ4v) is 3.02. The first-order valence-corrected chi connectivity index (χ1v) is 8.44. The van der Waals surface area contributed by atoms with Crippen LogP contribution in [0.4, 0.5) is 10.5 Å². The molecular weight excluding hydrogens is 354 g/mol. The lowest BCUT2D eigenvalue weighted by Crippen LogP contribution is -2.42. The maximum Gasteiger partial charge on any atom is 0.325 e. The summed E-state index contributed by atoms with van der Waals surface area (Å²) in [7, 11) is 0. The zero-order chi connectivity index (χ0) is 18.9. The Kier molecular flexibility index (Phi) is 4.70.